The average molecular weight is 205 g/mol. The van der Waals surface area contributed by atoms with Crippen molar-refractivity contribution in [2.75, 3.05) is 0 Å². The molecule has 0 spiro atoms. The summed E-state index contributed by atoms with van der Waals surface area (Å²) in [6.07, 6.45) is 5.25. The molecule has 1 N–H and O–H groups in total. The summed E-state index contributed by atoms with van der Waals surface area (Å²) in [4.78, 5) is 0. The molecule has 0 aromatic carbocycles. The maximum atomic E-state index is 9.80. The van der Waals surface area contributed by atoms with Crippen LogP contribution in [0.1, 0.15) is 32.1 Å². The number of hydrogen-bond donors (Lipinski definition) is 1. The van der Waals surface area contributed by atoms with E-state index in [1.807, 2.05) is 0 Å². The third kappa shape index (κ3) is 1.61. The lowest BCUT2D eigenvalue weighted by Crippen LogP contribution is -2.30. The smallest absolute Gasteiger partial charge is 0.0954 e. The van der Waals surface area contributed by atoms with Crippen molar-refractivity contribution in [1.82, 2.24) is 0 Å². The van der Waals surface area contributed by atoms with Crippen LogP contribution < -0.4 is 0 Å². The average Bonchev–Trinajstić information content (AvgIpc) is 1.89. The van der Waals surface area contributed by atoms with E-state index in [0.717, 1.165) is 30.2 Å². The van der Waals surface area contributed by atoms with E-state index in [1.54, 1.807) is 0 Å². The predicted octanol–water partition coefficient (Wildman–Crippen LogP) is 2.59. The minimum atomic E-state index is -0.599. The highest BCUT2D eigenvalue weighted by atomic mass is 79.9. The van der Waals surface area contributed by atoms with Gasteiger partial charge >= 0.3 is 0 Å². The van der Waals surface area contributed by atoms with Crippen LogP contribution in [0.25, 0.3) is 0 Å². The maximum Gasteiger partial charge on any atom is 0.0954 e. The summed E-state index contributed by atoms with van der Waals surface area (Å²) in [5, 5.41) is 9.80. The summed E-state index contributed by atoms with van der Waals surface area (Å²) in [5.41, 5.74) is -0.599. The van der Waals surface area contributed by atoms with Gasteiger partial charge in [0.2, 0.25) is 0 Å². The summed E-state index contributed by atoms with van der Waals surface area (Å²) in [6, 6.07) is 0. The molecule has 0 radical (unpaired) electrons. The van der Waals surface area contributed by atoms with Gasteiger partial charge < -0.3 is 5.11 Å². The Morgan fingerprint density at radius 2 is 1.80 bits per heavy atom. The molecule has 0 bridgehead atoms. The highest BCUT2D eigenvalue weighted by Crippen LogP contribution is 2.35. The van der Waals surface area contributed by atoms with Gasteiger partial charge in [0.1, 0.15) is 0 Å². The zero-order chi connectivity index (χ0) is 7.61. The molecule has 1 aliphatic carbocycles. The molecule has 0 aliphatic heterocycles. The first-order valence-corrected chi connectivity index (χ1v) is 4.52. The molecule has 1 fully saturated rings. The van der Waals surface area contributed by atoms with E-state index in [-0.39, 0.29) is 0 Å². The molecule has 0 heterocycles. The molecule has 1 aliphatic rings. The van der Waals surface area contributed by atoms with Gasteiger partial charge in [-0.3, -0.25) is 0 Å². The van der Waals surface area contributed by atoms with Crippen LogP contribution in [-0.4, -0.2) is 10.7 Å². The van der Waals surface area contributed by atoms with E-state index in [9.17, 15) is 5.11 Å². The molecule has 1 rings (SSSR count). The van der Waals surface area contributed by atoms with Crippen molar-refractivity contribution in [3.8, 4) is 0 Å². The van der Waals surface area contributed by atoms with Gasteiger partial charge in [-0.2, -0.15) is 0 Å². The van der Waals surface area contributed by atoms with E-state index in [2.05, 4.69) is 22.5 Å². The monoisotopic (exact) mass is 204 g/mol. The lowest BCUT2D eigenvalue weighted by atomic mass is 9.85. The molecule has 1 nitrogen and oxygen atoms in total. The van der Waals surface area contributed by atoms with Crippen LogP contribution in [0.3, 0.4) is 0 Å². The Balaban J connectivity index is 2.56. The van der Waals surface area contributed by atoms with Crippen molar-refractivity contribution < 1.29 is 5.11 Å². The number of aliphatic hydroxyl groups is 1. The minimum absolute atomic E-state index is 0.599. The Hall–Kier alpha value is 0.180. The van der Waals surface area contributed by atoms with Crippen molar-refractivity contribution in [3.05, 3.63) is 11.1 Å². The fourth-order valence-corrected chi connectivity index (χ4v) is 1.80. The van der Waals surface area contributed by atoms with E-state index in [1.165, 1.54) is 6.42 Å². The first kappa shape index (κ1) is 8.28. The van der Waals surface area contributed by atoms with Crippen LogP contribution in [0, 0.1) is 0 Å². The van der Waals surface area contributed by atoms with E-state index in [0.29, 0.717) is 0 Å². The van der Waals surface area contributed by atoms with Gasteiger partial charge in [0.05, 0.1) is 5.60 Å². The van der Waals surface area contributed by atoms with Crippen LogP contribution in [-0.2, 0) is 0 Å². The summed E-state index contributed by atoms with van der Waals surface area (Å²) >= 11 is 3.25. The predicted molar refractivity (Wildman–Crippen MR) is 46.1 cm³/mol. The molecule has 1 saturated carbocycles. The van der Waals surface area contributed by atoms with Crippen LogP contribution in [0.15, 0.2) is 11.1 Å². The second-order valence-electron chi connectivity index (χ2n) is 3.00. The van der Waals surface area contributed by atoms with Crippen molar-refractivity contribution in [2.24, 2.45) is 0 Å². The lowest BCUT2D eigenvalue weighted by molar-refractivity contribution is 0.0488. The van der Waals surface area contributed by atoms with E-state index >= 15 is 0 Å². The second-order valence-corrected chi connectivity index (χ2v) is 3.95. The highest BCUT2D eigenvalue weighted by Gasteiger charge is 2.30. The van der Waals surface area contributed by atoms with Crippen molar-refractivity contribution >= 4 is 15.9 Å². The van der Waals surface area contributed by atoms with Crippen LogP contribution >= 0.6 is 15.9 Å². The molecular formula is C8H13BrO. The van der Waals surface area contributed by atoms with Crippen LogP contribution in [0.5, 0.6) is 0 Å². The molecule has 0 amide bonds. The standard InChI is InChI=1S/C8H13BrO/c1-7(9)8(10)5-3-2-4-6-8/h10H,1-6H2. The molecule has 2 heteroatoms. The molecular weight excluding hydrogens is 192 g/mol. The Morgan fingerprint density at radius 1 is 1.30 bits per heavy atom. The Kier molecular flexibility index (Phi) is 2.53. The fourth-order valence-electron chi connectivity index (χ4n) is 1.41. The minimum Gasteiger partial charge on any atom is -0.385 e. The van der Waals surface area contributed by atoms with E-state index in [4.69, 9.17) is 0 Å². The van der Waals surface area contributed by atoms with Gasteiger partial charge in [0.25, 0.3) is 0 Å². The number of rotatable bonds is 1. The number of halogens is 1. The van der Waals surface area contributed by atoms with E-state index < -0.39 is 5.60 Å². The Labute approximate surface area is 70.3 Å². The molecule has 0 unspecified atom stereocenters. The largest absolute Gasteiger partial charge is 0.385 e. The zero-order valence-electron chi connectivity index (χ0n) is 6.07. The number of hydrogen-bond acceptors (Lipinski definition) is 1. The summed E-state index contributed by atoms with van der Waals surface area (Å²) in [7, 11) is 0. The molecule has 0 saturated heterocycles. The Bertz CT molecular complexity index is 136. The third-order valence-electron chi connectivity index (χ3n) is 2.19. The fraction of sp³-hybridized carbons (Fsp3) is 0.750. The summed E-state index contributed by atoms with van der Waals surface area (Å²) in [5.74, 6) is 0. The third-order valence-corrected chi connectivity index (χ3v) is 2.92. The van der Waals surface area contributed by atoms with Gasteiger partial charge in [-0.1, -0.05) is 41.8 Å². The molecule has 58 valence electrons. The van der Waals surface area contributed by atoms with Gasteiger partial charge in [-0.05, 0) is 12.8 Å². The molecule has 0 atom stereocenters. The maximum absolute atomic E-state index is 9.80. The van der Waals surface area contributed by atoms with Gasteiger partial charge in [0.15, 0.2) is 0 Å². The van der Waals surface area contributed by atoms with Gasteiger partial charge in [-0.25, -0.2) is 0 Å². The lowest BCUT2D eigenvalue weighted by Gasteiger charge is -2.31. The van der Waals surface area contributed by atoms with Crippen LogP contribution in [0.4, 0.5) is 0 Å². The zero-order valence-corrected chi connectivity index (χ0v) is 7.65. The summed E-state index contributed by atoms with van der Waals surface area (Å²) in [6.45, 7) is 3.72. The molecule has 0 aromatic heterocycles. The molecule has 0 aromatic rings. The normalized spacial score (nSPS) is 24.2. The van der Waals surface area contributed by atoms with Gasteiger partial charge in [0, 0.05) is 4.48 Å². The topological polar surface area (TPSA) is 20.2 Å². The van der Waals surface area contributed by atoms with Crippen molar-refractivity contribution in [2.45, 2.75) is 37.7 Å². The highest BCUT2D eigenvalue weighted by molar-refractivity contribution is 9.11. The summed E-state index contributed by atoms with van der Waals surface area (Å²) < 4.78 is 0.750. The first-order chi connectivity index (χ1) is 4.65. The van der Waals surface area contributed by atoms with Crippen LogP contribution in [0.2, 0.25) is 0 Å². The first-order valence-electron chi connectivity index (χ1n) is 3.72. The second kappa shape index (κ2) is 3.05. The van der Waals surface area contributed by atoms with Crippen molar-refractivity contribution in [1.29, 1.82) is 0 Å². The Morgan fingerprint density at radius 3 is 2.10 bits per heavy atom. The van der Waals surface area contributed by atoms with Crippen molar-refractivity contribution in [3.63, 3.8) is 0 Å². The van der Waals surface area contributed by atoms with Gasteiger partial charge in [-0.15, -0.1) is 0 Å². The molecule has 10 heavy (non-hydrogen) atoms. The SMILES string of the molecule is C=C(Br)C1(O)CCCCC1. The quantitative estimate of drug-likeness (QED) is 0.697.